The summed E-state index contributed by atoms with van der Waals surface area (Å²) in [5, 5.41) is 0. The number of nitrogens with zero attached hydrogens (tertiary/aromatic N) is 1. The molecule has 3 nitrogen and oxygen atoms in total. The number of benzene rings is 1. The first-order valence-corrected chi connectivity index (χ1v) is 9.83. The summed E-state index contributed by atoms with van der Waals surface area (Å²) < 4.78 is 24.6. The van der Waals surface area contributed by atoms with Crippen LogP contribution in [0, 0.1) is 0 Å². The SMILES string of the molecule is C/C(=C\c1ccccc1)CN1CCC2(CCC2)S(=O)(=O)CC1. The lowest BCUT2D eigenvalue weighted by atomic mass is 9.81. The Morgan fingerprint density at radius 3 is 2.55 bits per heavy atom. The molecule has 0 atom stereocenters. The van der Waals surface area contributed by atoms with Crippen LogP contribution >= 0.6 is 0 Å². The molecule has 3 rings (SSSR count). The fraction of sp³-hybridized carbons (Fsp3) is 0.556. The van der Waals surface area contributed by atoms with Crippen molar-refractivity contribution in [1.29, 1.82) is 0 Å². The number of sulfone groups is 1. The van der Waals surface area contributed by atoms with Gasteiger partial charge in [-0.3, -0.25) is 4.90 Å². The van der Waals surface area contributed by atoms with E-state index in [1.165, 1.54) is 11.1 Å². The summed E-state index contributed by atoms with van der Waals surface area (Å²) in [7, 11) is -2.91. The van der Waals surface area contributed by atoms with Gasteiger partial charge in [0.15, 0.2) is 9.84 Å². The highest BCUT2D eigenvalue weighted by atomic mass is 32.2. The molecule has 4 heteroatoms. The molecule has 1 aromatic rings. The van der Waals surface area contributed by atoms with E-state index in [1.54, 1.807) is 0 Å². The molecule has 120 valence electrons. The molecule has 0 unspecified atom stereocenters. The third kappa shape index (κ3) is 3.13. The molecule has 1 saturated heterocycles. The Hall–Kier alpha value is -1.13. The first-order valence-electron chi connectivity index (χ1n) is 8.18. The van der Waals surface area contributed by atoms with Crippen molar-refractivity contribution in [3.8, 4) is 0 Å². The highest BCUT2D eigenvalue weighted by Gasteiger charge is 2.49. The van der Waals surface area contributed by atoms with Gasteiger partial charge in [-0.05, 0) is 31.7 Å². The summed E-state index contributed by atoms with van der Waals surface area (Å²) in [4.78, 5) is 2.30. The largest absolute Gasteiger partial charge is 0.298 e. The highest BCUT2D eigenvalue weighted by Crippen LogP contribution is 2.43. The van der Waals surface area contributed by atoms with E-state index >= 15 is 0 Å². The van der Waals surface area contributed by atoms with E-state index in [-0.39, 0.29) is 4.75 Å². The van der Waals surface area contributed by atoms with Crippen molar-refractivity contribution >= 4 is 15.9 Å². The third-order valence-corrected chi connectivity index (χ3v) is 7.82. The van der Waals surface area contributed by atoms with Gasteiger partial charge in [-0.1, -0.05) is 48.4 Å². The number of hydrogen-bond acceptors (Lipinski definition) is 3. The molecule has 0 N–H and O–H groups in total. The second-order valence-electron chi connectivity index (χ2n) is 6.78. The Bertz CT molecular complexity index is 645. The maximum Gasteiger partial charge on any atom is 0.157 e. The van der Waals surface area contributed by atoms with E-state index in [2.05, 4.69) is 30.0 Å². The molecule has 1 aliphatic carbocycles. The van der Waals surface area contributed by atoms with Crippen LogP contribution in [0.2, 0.25) is 0 Å². The normalized spacial score (nSPS) is 24.7. The average molecular weight is 319 g/mol. The maximum atomic E-state index is 12.5. The summed E-state index contributed by atoms with van der Waals surface area (Å²) >= 11 is 0. The Morgan fingerprint density at radius 2 is 1.91 bits per heavy atom. The molecule has 22 heavy (non-hydrogen) atoms. The van der Waals surface area contributed by atoms with Crippen LogP contribution in [0.1, 0.15) is 38.2 Å². The van der Waals surface area contributed by atoms with E-state index in [1.807, 2.05) is 18.2 Å². The molecule has 2 fully saturated rings. The minimum Gasteiger partial charge on any atom is -0.298 e. The van der Waals surface area contributed by atoms with Gasteiger partial charge in [0, 0.05) is 19.6 Å². The van der Waals surface area contributed by atoms with E-state index in [9.17, 15) is 8.42 Å². The highest BCUT2D eigenvalue weighted by molar-refractivity contribution is 7.92. The minimum atomic E-state index is -2.91. The summed E-state index contributed by atoms with van der Waals surface area (Å²) in [6.45, 7) is 4.56. The van der Waals surface area contributed by atoms with Crippen molar-refractivity contribution < 1.29 is 8.42 Å². The second kappa shape index (κ2) is 6.17. The van der Waals surface area contributed by atoms with Crippen molar-refractivity contribution in [3.05, 3.63) is 41.5 Å². The first kappa shape index (κ1) is 15.8. The number of hydrogen-bond donors (Lipinski definition) is 0. The molecule has 0 bridgehead atoms. The average Bonchev–Trinajstić information content (AvgIpc) is 2.56. The molecule has 1 aliphatic heterocycles. The topological polar surface area (TPSA) is 37.4 Å². The van der Waals surface area contributed by atoms with Crippen LogP contribution in [0.3, 0.4) is 0 Å². The maximum absolute atomic E-state index is 12.5. The zero-order chi connectivity index (χ0) is 15.6. The predicted octanol–water partition coefficient (Wildman–Crippen LogP) is 3.13. The summed E-state index contributed by atoms with van der Waals surface area (Å²) in [6.07, 6.45) is 5.84. The van der Waals surface area contributed by atoms with Gasteiger partial charge >= 0.3 is 0 Å². The molecule has 0 amide bonds. The standard InChI is InChI=1S/C18H25NO2S/c1-16(14-17-6-3-2-4-7-17)15-19-11-10-18(8-5-9-18)22(20,21)13-12-19/h2-4,6-7,14H,5,8-13,15H2,1H3/b16-14+. The smallest absolute Gasteiger partial charge is 0.157 e. The quantitative estimate of drug-likeness (QED) is 0.859. The van der Waals surface area contributed by atoms with Gasteiger partial charge in [-0.15, -0.1) is 0 Å². The molecule has 1 aromatic carbocycles. The predicted molar refractivity (Wildman–Crippen MR) is 91.5 cm³/mol. The number of rotatable bonds is 3. The molecule has 0 aromatic heterocycles. The van der Waals surface area contributed by atoms with Gasteiger partial charge in [0.25, 0.3) is 0 Å². The van der Waals surface area contributed by atoms with E-state index in [0.717, 1.165) is 38.8 Å². The summed E-state index contributed by atoms with van der Waals surface area (Å²) in [6, 6.07) is 10.3. The summed E-state index contributed by atoms with van der Waals surface area (Å²) in [5.74, 6) is 0.325. The molecule has 1 spiro atoms. The van der Waals surface area contributed by atoms with Crippen molar-refractivity contribution in [1.82, 2.24) is 4.90 Å². The van der Waals surface area contributed by atoms with E-state index < -0.39 is 9.84 Å². The fourth-order valence-corrected chi connectivity index (χ4v) is 5.86. The van der Waals surface area contributed by atoms with E-state index in [0.29, 0.717) is 12.3 Å². The third-order valence-electron chi connectivity index (χ3n) is 5.17. The monoisotopic (exact) mass is 319 g/mol. The fourth-order valence-electron chi connectivity index (χ4n) is 3.62. The zero-order valence-corrected chi connectivity index (χ0v) is 14.1. The molecular weight excluding hydrogens is 294 g/mol. The van der Waals surface area contributed by atoms with Crippen molar-refractivity contribution in [3.63, 3.8) is 0 Å². The first-order chi connectivity index (χ1) is 10.5. The Balaban J connectivity index is 1.66. The van der Waals surface area contributed by atoms with Crippen LogP contribution in [0.15, 0.2) is 35.9 Å². The van der Waals surface area contributed by atoms with Crippen molar-refractivity contribution in [2.75, 3.05) is 25.4 Å². The zero-order valence-electron chi connectivity index (χ0n) is 13.3. The van der Waals surface area contributed by atoms with Crippen LogP contribution in [0.5, 0.6) is 0 Å². The van der Waals surface area contributed by atoms with Crippen LogP contribution in [0.4, 0.5) is 0 Å². The van der Waals surface area contributed by atoms with E-state index in [4.69, 9.17) is 0 Å². The van der Waals surface area contributed by atoms with Crippen molar-refractivity contribution in [2.24, 2.45) is 0 Å². The lowest BCUT2D eigenvalue weighted by Crippen LogP contribution is -2.46. The van der Waals surface area contributed by atoms with Gasteiger partial charge in [0.2, 0.25) is 0 Å². The van der Waals surface area contributed by atoms with Gasteiger partial charge in [0.05, 0.1) is 10.5 Å². The molecular formula is C18H25NO2S. The molecule has 2 aliphatic rings. The lowest BCUT2D eigenvalue weighted by molar-refractivity contribution is 0.261. The Morgan fingerprint density at radius 1 is 1.18 bits per heavy atom. The van der Waals surface area contributed by atoms with Gasteiger partial charge in [-0.2, -0.15) is 0 Å². The molecule has 1 saturated carbocycles. The van der Waals surface area contributed by atoms with Gasteiger partial charge in [0.1, 0.15) is 0 Å². The van der Waals surface area contributed by atoms with Gasteiger partial charge in [-0.25, -0.2) is 8.42 Å². The van der Waals surface area contributed by atoms with Crippen LogP contribution in [0.25, 0.3) is 6.08 Å². The summed E-state index contributed by atoms with van der Waals surface area (Å²) in [5.41, 5.74) is 2.49. The Labute approximate surface area is 133 Å². The van der Waals surface area contributed by atoms with Crippen LogP contribution < -0.4 is 0 Å². The Kier molecular flexibility index (Phi) is 4.42. The molecule has 1 heterocycles. The van der Waals surface area contributed by atoms with Crippen LogP contribution in [-0.2, 0) is 9.84 Å². The van der Waals surface area contributed by atoms with Crippen LogP contribution in [-0.4, -0.2) is 43.5 Å². The minimum absolute atomic E-state index is 0.325. The second-order valence-corrected chi connectivity index (χ2v) is 9.29. The van der Waals surface area contributed by atoms with Crippen molar-refractivity contribution in [2.45, 2.75) is 37.4 Å². The molecule has 0 radical (unpaired) electrons. The lowest BCUT2D eigenvalue weighted by Gasteiger charge is -2.40. The van der Waals surface area contributed by atoms with Gasteiger partial charge < -0.3 is 0 Å².